The standard InChI is InChI=1S/C16H21ClN2O3/c1-10-5-6-13(11(17)9-10)19-8-7-12(14(19)20)18-15(21)22-16(2,3)4/h5-6,9,12H,7-8H2,1-4H3,(H,18,21). The van der Waals surface area contributed by atoms with Crippen LogP contribution >= 0.6 is 11.6 Å². The molecule has 0 spiro atoms. The fraction of sp³-hybridized carbons (Fsp3) is 0.500. The van der Waals surface area contributed by atoms with E-state index in [1.54, 1.807) is 25.7 Å². The number of halogens is 1. The average Bonchev–Trinajstić information content (AvgIpc) is 2.69. The van der Waals surface area contributed by atoms with E-state index in [4.69, 9.17) is 16.3 Å². The summed E-state index contributed by atoms with van der Waals surface area (Å²) in [6, 6.07) is 4.97. The van der Waals surface area contributed by atoms with E-state index in [-0.39, 0.29) is 5.91 Å². The summed E-state index contributed by atoms with van der Waals surface area (Å²) in [5.41, 5.74) is 1.11. The van der Waals surface area contributed by atoms with Crippen LogP contribution in [0.4, 0.5) is 10.5 Å². The van der Waals surface area contributed by atoms with Gasteiger partial charge in [0, 0.05) is 6.54 Å². The molecule has 0 saturated carbocycles. The van der Waals surface area contributed by atoms with Crippen LogP contribution in [0.1, 0.15) is 32.8 Å². The van der Waals surface area contributed by atoms with Gasteiger partial charge in [-0.1, -0.05) is 17.7 Å². The molecule has 0 aliphatic carbocycles. The molecule has 1 aromatic carbocycles. The number of anilines is 1. The summed E-state index contributed by atoms with van der Waals surface area (Å²) in [5.74, 6) is -0.170. The van der Waals surface area contributed by atoms with Crippen molar-refractivity contribution in [2.24, 2.45) is 0 Å². The minimum atomic E-state index is -0.592. The Kier molecular flexibility index (Phi) is 4.66. The van der Waals surface area contributed by atoms with E-state index in [1.807, 2.05) is 25.1 Å². The van der Waals surface area contributed by atoms with Crippen LogP contribution in [0.5, 0.6) is 0 Å². The zero-order chi connectivity index (χ0) is 16.5. The number of rotatable bonds is 2. The summed E-state index contributed by atoms with van der Waals surface area (Å²) in [4.78, 5) is 25.8. The predicted octanol–water partition coefficient (Wildman–Crippen LogP) is 3.28. The van der Waals surface area contributed by atoms with Crippen molar-refractivity contribution in [2.45, 2.75) is 45.8 Å². The van der Waals surface area contributed by atoms with E-state index in [1.165, 1.54) is 0 Å². The first-order valence-electron chi connectivity index (χ1n) is 7.24. The number of ether oxygens (including phenoxy) is 1. The number of amides is 2. The van der Waals surface area contributed by atoms with Crippen molar-refractivity contribution in [3.05, 3.63) is 28.8 Å². The maximum atomic E-state index is 12.4. The van der Waals surface area contributed by atoms with Crippen molar-refractivity contribution in [1.29, 1.82) is 0 Å². The molecule has 120 valence electrons. The fourth-order valence-electron chi connectivity index (χ4n) is 2.33. The first-order chi connectivity index (χ1) is 10.2. The maximum Gasteiger partial charge on any atom is 0.408 e. The van der Waals surface area contributed by atoms with Gasteiger partial charge in [-0.3, -0.25) is 4.79 Å². The number of carbonyl (C=O) groups is 2. The first kappa shape index (κ1) is 16.6. The Labute approximate surface area is 135 Å². The van der Waals surface area contributed by atoms with Crippen molar-refractivity contribution in [3.8, 4) is 0 Å². The van der Waals surface area contributed by atoms with Gasteiger partial charge in [0.25, 0.3) is 0 Å². The van der Waals surface area contributed by atoms with Gasteiger partial charge in [-0.15, -0.1) is 0 Å². The van der Waals surface area contributed by atoms with E-state index >= 15 is 0 Å². The van der Waals surface area contributed by atoms with Crippen LogP contribution in [0.3, 0.4) is 0 Å². The second-order valence-corrected chi connectivity index (χ2v) is 6.84. The Morgan fingerprint density at radius 1 is 1.41 bits per heavy atom. The van der Waals surface area contributed by atoms with E-state index in [9.17, 15) is 9.59 Å². The molecule has 1 aliphatic heterocycles. The third-order valence-corrected chi connectivity index (χ3v) is 3.59. The molecule has 0 radical (unpaired) electrons. The molecule has 1 fully saturated rings. The number of alkyl carbamates (subject to hydrolysis) is 1. The second-order valence-electron chi connectivity index (χ2n) is 6.43. The third-order valence-electron chi connectivity index (χ3n) is 3.29. The van der Waals surface area contributed by atoms with Gasteiger partial charge in [0.2, 0.25) is 5.91 Å². The van der Waals surface area contributed by atoms with Crippen LogP contribution in [-0.4, -0.2) is 30.2 Å². The summed E-state index contributed by atoms with van der Waals surface area (Å²) >= 11 is 6.21. The molecule has 5 nitrogen and oxygen atoms in total. The fourth-order valence-corrected chi connectivity index (χ4v) is 2.67. The second kappa shape index (κ2) is 6.16. The lowest BCUT2D eigenvalue weighted by atomic mass is 10.2. The summed E-state index contributed by atoms with van der Waals surface area (Å²) in [6.07, 6.45) is -0.0508. The van der Waals surface area contributed by atoms with E-state index in [2.05, 4.69) is 5.32 Å². The molecule has 0 aromatic heterocycles. The van der Waals surface area contributed by atoms with Gasteiger partial charge in [-0.05, 0) is 51.8 Å². The molecule has 1 unspecified atom stereocenters. The van der Waals surface area contributed by atoms with Gasteiger partial charge in [0.05, 0.1) is 10.7 Å². The quantitative estimate of drug-likeness (QED) is 0.908. The lowest BCUT2D eigenvalue weighted by molar-refractivity contribution is -0.118. The van der Waals surface area contributed by atoms with Gasteiger partial charge in [0.15, 0.2) is 0 Å². The summed E-state index contributed by atoms with van der Waals surface area (Å²) in [7, 11) is 0. The minimum absolute atomic E-state index is 0.170. The number of hydrogen-bond donors (Lipinski definition) is 1. The van der Waals surface area contributed by atoms with Crippen LogP contribution in [-0.2, 0) is 9.53 Å². The number of nitrogens with one attached hydrogen (secondary N) is 1. The van der Waals surface area contributed by atoms with Crippen LogP contribution in [0.2, 0.25) is 5.02 Å². The Morgan fingerprint density at radius 2 is 2.09 bits per heavy atom. The van der Waals surface area contributed by atoms with E-state index < -0.39 is 17.7 Å². The lowest BCUT2D eigenvalue weighted by Crippen LogP contribution is -2.43. The van der Waals surface area contributed by atoms with Gasteiger partial charge in [0.1, 0.15) is 11.6 Å². The molecule has 0 bridgehead atoms. The molecule has 1 saturated heterocycles. The maximum absolute atomic E-state index is 12.4. The summed E-state index contributed by atoms with van der Waals surface area (Å²) < 4.78 is 5.18. The van der Waals surface area contributed by atoms with Crippen molar-refractivity contribution >= 4 is 29.3 Å². The Morgan fingerprint density at radius 3 is 2.68 bits per heavy atom. The number of aryl methyl sites for hydroxylation is 1. The minimum Gasteiger partial charge on any atom is -0.444 e. The number of nitrogens with zero attached hydrogens (tertiary/aromatic N) is 1. The summed E-state index contributed by atoms with van der Waals surface area (Å²) in [6.45, 7) is 7.79. The molecule has 22 heavy (non-hydrogen) atoms. The molecule has 1 aromatic rings. The predicted molar refractivity (Wildman–Crippen MR) is 86.3 cm³/mol. The first-order valence-corrected chi connectivity index (χ1v) is 7.62. The van der Waals surface area contributed by atoms with E-state index in [0.717, 1.165) is 5.56 Å². The molecule has 6 heteroatoms. The normalized spacial score (nSPS) is 18.5. The van der Waals surface area contributed by atoms with Crippen molar-refractivity contribution in [3.63, 3.8) is 0 Å². The number of hydrogen-bond acceptors (Lipinski definition) is 3. The molecule has 2 rings (SSSR count). The van der Waals surface area contributed by atoms with Gasteiger partial charge >= 0.3 is 6.09 Å². The highest BCUT2D eigenvalue weighted by molar-refractivity contribution is 6.34. The highest BCUT2D eigenvalue weighted by Crippen LogP contribution is 2.30. The van der Waals surface area contributed by atoms with Crippen LogP contribution < -0.4 is 10.2 Å². The Hall–Kier alpha value is -1.75. The van der Waals surface area contributed by atoms with Gasteiger partial charge < -0.3 is 15.0 Å². The highest BCUT2D eigenvalue weighted by Gasteiger charge is 2.35. The van der Waals surface area contributed by atoms with Crippen molar-refractivity contribution in [1.82, 2.24) is 5.32 Å². The Balaban J connectivity index is 2.05. The zero-order valence-electron chi connectivity index (χ0n) is 13.3. The topological polar surface area (TPSA) is 58.6 Å². The molecule has 2 amide bonds. The third kappa shape index (κ3) is 3.91. The SMILES string of the molecule is Cc1ccc(N2CCC(NC(=O)OC(C)(C)C)C2=O)c(Cl)c1. The number of benzene rings is 1. The highest BCUT2D eigenvalue weighted by atomic mass is 35.5. The number of carbonyl (C=O) groups excluding carboxylic acids is 2. The molecule has 1 N–H and O–H groups in total. The summed E-state index contributed by atoms with van der Waals surface area (Å²) in [5, 5.41) is 3.15. The lowest BCUT2D eigenvalue weighted by Gasteiger charge is -2.22. The molecular weight excluding hydrogens is 304 g/mol. The smallest absolute Gasteiger partial charge is 0.408 e. The van der Waals surface area contributed by atoms with Gasteiger partial charge in [-0.2, -0.15) is 0 Å². The van der Waals surface area contributed by atoms with Crippen molar-refractivity contribution < 1.29 is 14.3 Å². The average molecular weight is 325 g/mol. The largest absolute Gasteiger partial charge is 0.444 e. The van der Waals surface area contributed by atoms with Crippen LogP contribution in [0.25, 0.3) is 0 Å². The van der Waals surface area contributed by atoms with Gasteiger partial charge in [-0.25, -0.2) is 4.79 Å². The van der Waals surface area contributed by atoms with Crippen molar-refractivity contribution in [2.75, 3.05) is 11.4 Å². The molecular formula is C16H21ClN2O3. The van der Waals surface area contributed by atoms with Crippen LogP contribution in [0, 0.1) is 6.92 Å². The molecule has 1 aliphatic rings. The zero-order valence-corrected chi connectivity index (χ0v) is 14.0. The molecule has 1 atom stereocenters. The van der Waals surface area contributed by atoms with E-state index in [0.29, 0.717) is 23.7 Å². The monoisotopic (exact) mass is 324 g/mol. The Bertz CT molecular complexity index is 596. The van der Waals surface area contributed by atoms with Crippen LogP contribution in [0.15, 0.2) is 18.2 Å². The molecule has 1 heterocycles.